The van der Waals surface area contributed by atoms with Crippen LogP contribution < -0.4 is 5.32 Å². The van der Waals surface area contributed by atoms with Crippen LogP contribution in [0.25, 0.3) is 16.9 Å². The summed E-state index contributed by atoms with van der Waals surface area (Å²) in [6.45, 7) is 0.403. The van der Waals surface area contributed by atoms with Crippen LogP contribution in [0.2, 0.25) is 0 Å². The second kappa shape index (κ2) is 7.29. The van der Waals surface area contributed by atoms with E-state index in [1.807, 2.05) is 73.8 Å². The predicted octanol–water partition coefficient (Wildman–Crippen LogP) is 3.20. The molecule has 0 saturated heterocycles. The maximum Gasteiger partial charge on any atom is 0.255 e. The molecule has 134 valence electrons. The number of aryl methyl sites for hydroxylation is 1. The molecule has 4 rings (SSSR count). The number of hydrogen-bond donors (Lipinski definition) is 1. The van der Waals surface area contributed by atoms with E-state index in [2.05, 4.69) is 15.5 Å². The summed E-state index contributed by atoms with van der Waals surface area (Å²) in [5.74, 6) is -0.169. The monoisotopic (exact) mass is 357 g/mol. The molecule has 2 aromatic heterocycles. The van der Waals surface area contributed by atoms with Crippen LogP contribution in [0.5, 0.6) is 0 Å². The van der Waals surface area contributed by atoms with Crippen LogP contribution in [-0.2, 0) is 13.6 Å². The lowest BCUT2D eigenvalue weighted by atomic mass is 10.1. The summed E-state index contributed by atoms with van der Waals surface area (Å²) in [5.41, 5.74) is 3.92. The zero-order valence-corrected chi connectivity index (χ0v) is 14.9. The number of benzene rings is 2. The number of hydrogen-bond acceptors (Lipinski definition) is 3. The Balaban J connectivity index is 1.68. The first-order valence-electron chi connectivity index (χ1n) is 8.68. The second-order valence-corrected chi connectivity index (χ2v) is 6.17. The third-order valence-corrected chi connectivity index (χ3v) is 4.38. The minimum absolute atomic E-state index is 0.169. The highest BCUT2D eigenvalue weighted by atomic mass is 16.1. The maximum absolute atomic E-state index is 12.9. The lowest BCUT2D eigenvalue weighted by Crippen LogP contribution is -2.24. The normalized spacial score (nSPS) is 10.7. The summed E-state index contributed by atoms with van der Waals surface area (Å²) in [6.07, 6.45) is 3.49. The first-order valence-corrected chi connectivity index (χ1v) is 8.68. The lowest BCUT2D eigenvalue weighted by molar-refractivity contribution is 0.0950. The maximum atomic E-state index is 12.9. The molecular formula is C21H19N5O. The molecule has 2 aromatic carbocycles. The fourth-order valence-corrected chi connectivity index (χ4v) is 2.90. The molecular weight excluding hydrogens is 338 g/mol. The minimum Gasteiger partial charge on any atom is -0.346 e. The molecule has 0 radical (unpaired) electrons. The SMILES string of the molecule is Cn1nccc1CNC(=O)c1cn(-c2ccccc2)nc1-c1ccccc1. The Bertz CT molecular complexity index is 1050. The average molecular weight is 357 g/mol. The van der Waals surface area contributed by atoms with E-state index >= 15 is 0 Å². The molecule has 1 N–H and O–H groups in total. The van der Waals surface area contributed by atoms with Gasteiger partial charge in [-0.1, -0.05) is 48.5 Å². The van der Waals surface area contributed by atoms with Crippen molar-refractivity contribution in [2.45, 2.75) is 6.54 Å². The van der Waals surface area contributed by atoms with Gasteiger partial charge < -0.3 is 5.32 Å². The third-order valence-electron chi connectivity index (χ3n) is 4.38. The van der Waals surface area contributed by atoms with Crippen LogP contribution in [0, 0.1) is 0 Å². The Morgan fingerprint density at radius 2 is 1.70 bits per heavy atom. The Morgan fingerprint density at radius 3 is 2.37 bits per heavy atom. The van der Waals surface area contributed by atoms with E-state index < -0.39 is 0 Å². The Labute approximate surface area is 157 Å². The fraction of sp³-hybridized carbons (Fsp3) is 0.0952. The van der Waals surface area contributed by atoms with E-state index in [1.165, 1.54) is 0 Å². The molecule has 0 saturated carbocycles. The van der Waals surface area contributed by atoms with Crippen molar-refractivity contribution in [1.82, 2.24) is 24.9 Å². The van der Waals surface area contributed by atoms with Crippen molar-refractivity contribution in [3.63, 3.8) is 0 Å². The molecule has 6 heteroatoms. The van der Waals surface area contributed by atoms with Crippen LogP contribution in [0.15, 0.2) is 79.1 Å². The van der Waals surface area contributed by atoms with Crippen molar-refractivity contribution in [3.05, 3.63) is 90.4 Å². The molecule has 0 fully saturated rings. The number of nitrogens with zero attached hydrogens (tertiary/aromatic N) is 4. The highest BCUT2D eigenvalue weighted by Crippen LogP contribution is 2.23. The molecule has 0 aliphatic rings. The second-order valence-electron chi connectivity index (χ2n) is 6.17. The summed E-state index contributed by atoms with van der Waals surface area (Å²) < 4.78 is 3.48. The van der Waals surface area contributed by atoms with E-state index in [4.69, 9.17) is 0 Å². The number of rotatable bonds is 5. The molecule has 6 nitrogen and oxygen atoms in total. The summed E-state index contributed by atoms with van der Waals surface area (Å²) in [4.78, 5) is 12.9. The van der Waals surface area contributed by atoms with Gasteiger partial charge in [-0.2, -0.15) is 10.2 Å². The number of nitrogens with one attached hydrogen (secondary N) is 1. The highest BCUT2D eigenvalue weighted by Gasteiger charge is 2.18. The van der Waals surface area contributed by atoms with Crippen LogP contribution >= 0.6 is 0 Å². The van der Waals surface area contributed by atoms with Gasteiger partial charge in [-0.05, 0) is 18.2 Å². The number of aromatic nitrogens is 4. The molecule has 0 aliphatic carbocycles. The van der Waals surface area contributed by atoms with Gasteiger partial charge in [0.1, 0.15) is 5.69 Å². The number of carbonyl (C=O) groups is 1. The number of para-hydroxylation sites is 1. The third kappa shape index (κ3) is 3.50. The summed E-state index contributed by atoms with van der Waals surface area (Å²) >= 11 is 0. The largest absolute Gasteiger partial charge is 0.346 e. The van der Waals surface area contributed by atoms with E-state index in [-0.39, 0.29) is 5.91 Å². The van der Waals surface area contributed by atoms with E-state index in [0.29, 0.717) is 17.8 Å². The average Bonchev–Trinajstić information content (AvgIpc) is 3.34. The molecule has 0 spiro atoms. The van der Waals surface area contributed by atoms with Crippen molar-refractivity contribution in [3.8, 4) is 16.9 Å². The molecule has 27 heavy (non-hydrogen) atoms. The van der Waals surface area contributed by atoms with Gasteiger partial charge in [-0.25, -0.2) is 4.68 Å². The van der Waals surface area contributed by atoms with Gasteiger partial charge in [0.25, 0.3) is 5.91 Å². The van der Waals surface area contributed by atoms with Gasteiger partial charge in [0.05, 0.1) is 23.5 Å². The van der Waals surface area contributed by atoms with E-state index in [9.17, 15) is 4.79 Å². The Morgan fingerprint density at radius 1 is 1.00 bits per heavy atom. The summed E-state index contributed by atoms with van der Waals surface area (Å²) in [6, 6.07) is 21.4. The number of carbonyl (C=O) groups excluding carboxylic acids is 1. The van der Waals surface area contributed by atoms with Crippen molar-refractivity contribution in [1.29, 1.82) is 0 Å². The van der Waals surface area contributed by atoms with E-state index in [1.54, 1.807) is 21.8 Å². The topological polar surface area (TPSA) is 64.7 Å². The van der Waals surface area contributed by atoms with Gasteiger partial charge in [0.2, 0.25) is 0 Å². The lowest BCUT2D eigenvalue weighted by Gasteiger charge is -2.06. The van der Waals surface area contributed by atoms with Crippen LogP contribution in [0.1, 0.15) is 16.1 Å². The van der Waals surface area contributed by atoms with Gasteiger partial charge in [-0.15, -0.1) is 0 Å². The summed E-state index contributed by atoms with van der Waals surface area (Å²) in [7, 11) is 1.85. The molecule has 0 atom stereocenters. The van der Waals surface area contributed by atoms with Crippen molar-refractivity contribution >= 4 is 5.91 Å². The smallest absolute Gasteiger partial charge is 0.255 e. The van der Waals surface area contributed by atoms with Crippen LogP contribution in [-0.4, -0.2) is 25.5 Å². The minimum atomic E-state index is -0.169. The van der Waals surface area contributed by atoms with Crippen LogP contribution in [0.4, 0.5) is 0 Å². The van der Waals surface area contributed by atoms with Crippen LogP contribution in [0.3, 0.4) is 0 Å². The summed E-state index contributed by atoms with van der Waals surface area (Å²) in [5, 5.41) is 11.8. The number of amides is 1. The quantitative estimate of drug-likeness (QED) is 0.596. The first-order chi connectivity index (χ1) is 13.2. The molecule has 2 heterocycles. The van der Waals surface area contributed by atoms with Crippen molar-refractivity contribution in [2.75, 3.05) is 0 Å². The van der Waals surface area contributed by atoms with Gasteiger partial charge in [0.15, 0.2) is 0 Å². The van der Waals surface area contributed by atoms with Gasteiger partial charge in [-0.3, -0.25) is 9.48 Å². The molecule has 0 bridgehead atoms. The Hall–Kier alpha value is -3.67. The van der Waals surface area contributed by atoms with Crippen molar-refractivity contribution < 1.29 is 4.79 Å². The van der Waals surface area contributed by atoms with Gasteiger partial charge in [0, 0.05) is 25.0 Å². The van der Waals surface area contributed by atoms with Crippen molar-refractivity contribution in [2.24, 2.45) is 7.05 Å². The molecule has 0 unspecified atom stereocenters. The predicted molar refractivity (Wildman–Crippen MR) is 103 cm³/mol. The van der Waals surface area contributed by atoms with Gasteiger partial charge >= 0.3 is 0 Å². The molecule has 4 aromatic rings. The molecule has 0 aliphatic heterocycles. The highest BCUT2D eigenvalue weighted by molar-refractivity contribution is 5.99. The first kappa shape index (κ1) is 16.8. The zero-order valence-electron chi connectivity index (χ0n) is 14.9. The standard InChI is InChI=1S/C21H19N5O/c1-25-18(12-13-23-25)14-22-21(27)19-15-26(17-10-6-3-7-11-17)24-20(19)16-8-4-2-5-9-16/h2-13,15H,14H2,1H3,(H,22,27). The van der Waals surface area contributed by atoms with E-state index in [0.717, 1.165) is 16.9 Å². The zero-order chi connectivity index (χ0) is 18.6. The fourth-order valence-electron chi connectivity index (χ4n) is 2.90. The Kier molecular flexibility index (Phi) is 4.53. The molecule has 1 amide bonds.